The van der Waals surface area contributed by atoms with Crippen LogP contribution >= 0.6 is 0 Å². The van der Waals surface area contributed by atoms with E-state index in [-0.39, 0.29) is 0 Å². The number of aromatic hydroxyl groups is 1. The Morgan fingerprint density at radius 2 is 1.58 bits per heavy atom. The molecule has 0 atom stereocenters. The van der Waals surface area contributed by atoms with Crippen molar-refractivity contribution in [2.45, 2.75) is 6.92 Å². The maximum Gasteiger partial charge on any atom is 0.123 e. The van der Waals surface area contributed by atoms with Gasteiger partial charge in [-0.25, -0.2) is 0 Å². The SMILES string of the molecule is Cc1ccc(O)c2ccccc12. The Morgan fingerprint density at radius 1 is 0.917 bits per heavy atom. The van der Waals surface area contributed by atoms with Crippen LogP contribution in [0.25, 0.3) is 10.8 Å². The van der Waals surface area contributed by atoms with Crippen LogP contribution in [0.15, 0.2) is 36.4 Å². The largest absolute Gasteiger partial charge is 0.507 e. The van der Waals surface area contributed by atoms with Gasteiger partial charge < -0.3 is 5.11 Å². The summed E-state index contributed by atoms with van der Waals surface area (Å²) in [5.74, 6) is 0.358. The molecule has 1 heteroatoms. The summed E-state index contributed by atoms with van der Waals surface area (Å²) in [6.07, 6.45) is 0. The maximum absolute atomic E-state index is 9.50. The van der Waals surface area contributed by atoms with Crippen LogP contribution in [0, 0.1) is 6.92 Å². The van der Waals surface area contributed by atoms with E-state index in [2.05, 4.69) is 0 Å². The van der Waals surface area contributed by atoms with Crippen LogP contribution in [-0.4, -0.2) is 5.11 Å². The van der Waals surface area contributed by atoms with Crippen LogP contribution in [0.5, 0.6) is 5.75 Å². The molecule has 0 aromatic heterocycles. The molecule has 0 heterocycles. The highest BCUT2D eigenvalue weighted by Crippen LogP contribution is 2.26. The zero-order valence-electron chi connectivity index (χ0n) is 6.91. The number of hydrogen-bond donors (Lipinski definition) is 1. The number of aryl methyl sites for hydroxylation is 1. The highest BCUT2D eigenvalue weighted by atomic mass is 16.3. The van der Waals surface area contributed by atoms with E-state index in [1.165, 1.54) is 5.56 Å². The zero-order chi connectivity index (χ0) is 8.55. The molecule has 0 bridgehead atoms. The lowest BCUT2D eigenvalue weighted by atomic mass is 10.1. The van der Waals surface area contributed by atoms with Crippen molar-refractivity contribution in [3.05, 3.63) is 42.0 Å². The normalized spacial score (nSPS) is 10.4. The Bertz CT molecular complexity index is 378. The molecule has 0 saturated carbocycles. The van der Waals surface area contributed by atoms with Gasteiger partial charge in [0.2, 0.25) is 0 Å². The van der Waals surface area contributed by atoms with Gasteiger partial charge >= 0.3 is 0 Å². The second kappa shape index (κ2) is 2.52. The van der Waals surface area contributed by atoms with Gasteiger partial charge in [0.1, 0.15) is 5.75 Å². The first-order chi connectivity index (χ1) is 5.79. The van der Waals surface area contributed by atoms with Gasteiger partial charge in [0.15, 0.2) is 0 Å². The van der Waals surface area contributed by atoms with E-state index in [0.29, 0.717) is 5.75 Å². The quantitative estimate of drug-likeness (QED) is 0.625. The van der Waals surface area contributed by atoms with Crippen molar-refractivity contribution in [1.82, 2.24) is 0 Å². The second-order valence-corrected chi connectivity index (χ2v) is 2.95. The summed E-state index contributed by atoms with van der Waals surface area (Å²) >= 11 is 0. The maximum atomic E-state index is 9.50. The third-order valence-corrected chi connectivity index (χ3v) is 2.12. The van der Waals surface area contributed by atoms with Gasteiger partial charge in [0, 0.05) is 5.39 Å². The van der Waals surface area contributed by atoms with E-state index in [1.807, 2.05) is 37.3 Å². The second-order valence-electron chi connectivity index (χ2n) is 2.95. The van der Waals surface area contributed by atoms with Gasteiger partial charge in [-0.3, -0.25) is 0 Å². The van der Waals surface area contributed by atoms with Gasteiger partial charge in [-0.15, -0.1) is 0 Å². The van der Waals surface area contributed by atoms with Crippen molar-refractivity contribution < 1.29 is 5.11 Å². The molecule has 2 aromatic rings. The number of phenolic OH excluding ortho intramolecular Hbond substituents is 1. The number of rotatable bonds is 0. The van der Waals surface area contributed by atoms with E-state index >= 15 is 0 Å². The first kappa shape index (κ1) is 7.17. The fraction of sp³-hybridized carbons (Fsp3) is 0.0909. The number of benzene rings is 2. The van der Waals surface area contributed by atoms with Crippen molar-refractivity contribution in [1.29, 1.82) is 0 Å². The molecule has 0 radical (unpaired) electrons. The molecular formula is C11H10O. The zero-order valence-corrected chi connectivity index (χ0v) is 6.91. The molecule has 0 spiro atoms. The molecule has 12 heavy (non-hydrogen) atoms. The Kier molecular flexibility index (Phi) is 1.51. The topological polar surface area (TPSA) is 20.2 Å². The average Bonchev–Trinajstić information content (AvgIpc) is 2.12. The standard InChI is InChI=1S/C11H10O/c1-8-6-7-11(12)10-5-3-2-4-9(8)10/h2-7,12H,1H3. The average molecular weight is 158 g/mol. The fourth-order valence-electron chi connectivity index (χ4n) is 1.43. The molecule has 60 valence electrons. The highest BCUT2D eigenvalue weighted by Gasteiger charge is 1.99. The highest BCUT2D eigenvalue weighted by molar-refractivity contribution is 5.90. The minimum Gasteiger partial charge on any atom is -0.507 e. The molecule has 0 fully saturated rings. The monoisotopic (exact) mass is 158 g/mol. The third-order valence-electron chi connectivity index (χ3n) is 2.12. The van der Waals surface area contributed by atoms with Crippen molar-refractivity contribution in [3.63, 3.8) is 0 Å². The predicted octanol–water partition coefficient (Wildman–Crippen LogP) is 2.85. The Balaban J connectivity index is 2.95. The van der Waals surface area contributed by atoms with Crippen LogP contribution in [0.3, 0.4) is 0 Å². The van der Waals surface area contributed by atoms with Gasteiger partial charge in [0.25, 0.3) is 0 Å². The molecule has 0 unspecified atom stereocenters. The minimum absolute atomic E-state index is 0.358. The van der Waals surface area contributed by atoms with Crippen LogP contribution in [0.2, 0.25) is 0 Å². The van der Waals surface area contributed by atoms with Crippen molar-refractivity contribution >= 4 is 10.8 Å². The lowest BCUT2D eigenvalue weighted by Gasteiger charge is -2.02. The van der Waals surface area contributed by atoms with Crippen LogP contribution in [0.1, 0.15) is 5.56 Å². The lowest BCUT2D eigenvalue weighted by Crippen LogP contribution is -1.77. The summed E-state index contributed by atoms with van der Waals surface area (Å²) in [7, 11) is 0. The molecular weight excluding hydrogens is 148 g/mol. The lowest BCUT2D eigenvalue weighted by molar-refractivity contribution is 0.481. The van der Waals surface area contributed by atoms with Gasteiger partial charge in [-0.2, -0.15) is 0 Å². The third kappa shape index (κ3) is 0.944. The fourth-order valence-corrected chi connectivity index (χ4v) is 1.43. The molecule has 2 aromatic carbocycles. The van der Waals surface area contributed by atoms with Crippen molar-refractivity contribution in [2.24, 2.45) is 0 Å². The number of hydrogen-bond acceptors (Lipinski definition) is 1. The number of fused-ring (bicyclic) bond motifs is 1. The summed E-state index contributed by atoms with van der Waals surface area (Å²) in [4.78, 5) is 0. The molecule has 0 aliphatic carbocycles. The first-order valence-corrected chi connectivity index (χ1v) is 3.96. The van der Waals surface area contributed by atoms with E-state index in [4.69, 9.17) is 0 Å². The molecule has 1 nitrogen and oxygen atoms in total. The van der Waals surface area contributed by atoms with Crippen LogP contribution < -0.4 is 0 Å². The van der Waals surface area contributed by atoms with Gasteiger partial charge in [-0.05, 0) is 23.9 Å². The van der Waals surface area contributed by atoms with E-state index < -0.39 is 0 Å². The molecule has 0 saturated heterocycles. The van der Waals surface area contributed by atoms with E-state index in [9.17, 15) is 5.11 Å². The van der Waals surface area contributed by atoms with E-state index in [0.717, 1.165) is 10.8 Å². The smallest absolute Gasteiger partial charge is 0.123 e. The summed E-state index contributed by atoms with van der Waals surface area (Å²) in [5, 5.41) is 11.5. The Hall–Kier alpha value is -1.50. The summed E-state index contributed by atoms with van der Waals surface area (Å²) in [6.45, 7) is 2.04. The Labute approximate surface area is 71.3 Å². The number of phenols is 1. The minimum atomic E-state index is 0.358. The molecule has 0 aliphatic rings. The van der Waals surface area contributed by atoms with Crippen LogP contribution in [0.4, 0.5) is 0 Å². The first-order valence-electron chi connectivity index (χ1n) is 3.96. The van der Waals surface area contributed by atoms with Gasteiger partial charge in [0.05, 0.1) is 0 Å². The van der Waals surface area contributed by atoms with Crippen LogP contribution in [-0.2, 0) is 0 Å². The summed E-state index contributed by atoms with van der Waals surface area (Å²) in [6, 6.07) is 11.5. The Morgan fingerprint density at radius 3 is 2.25 bits per heavy atom. The van der Waals surface area contributed by atoms with Crippen molar-refractivity contribution in [2.75, 3.05) is 0 Å². The summed E-state index contributed by atoms with van der Waals surface area (Å²) < 4.78 is 0. The van der Waals surface area contributed by atoms with E-state index in [1.54, 1.807) is 6.07 Å². The molecule has 1 N–H and O–H groups in total. The molecule has 0 aliphatic heterocycles. The molecule has 2 rings (SSSR count). The summed E-state index contributed by atoms with van der Waals surface area (Å²) in [5.41, 5.74) is 1.20. The predicted molar refractivity (Wildman–Crippen MR) is 50.3 cm³/mol. The van der Waals surface area contributed by atoms with Gasteiger partial charge in [-0.1, -0.05) is 30.3 Å². The van der Waals surface area contributed by atoms with Crippen molar-refractivity contribution in [3.8, 4) is 5.75 Å². The molecule has 0 amide bonds.